The fourth-order valence-corrected chi connectivity index (χ4v) is 2.17. The fraction of sp³-hybridized carbons (Fsp3) is 0.857. The topological polar surface area (TPSA) is 75.9 Å². The molecule has 0 bridgehead atoms. The highest BCUT2D eigenvalue weighted by Crippen LogP contribution is 2.07. The summed E-state index contributed by atoms with van der Waals surface area (Å²) in [6.07, 6.45) is 3.22. The second kappa shape index (κ2) is 8.79. The van der Waals surface area contributed by atoms with Gasteiger partial charge in [0, 0.05) is 26.2 Å². The van der Waals surface area contributed by atoms with Crippen molar-refractivity contribution in [1.29, 1.82) is 0 Å². The second-order valence-electron chi connectivity index (χ2n) is 5.18. The summed E-state index contributed by atoms with van der Waals surface area (Å²) < 4.78 is 5.16. The van der Waals surface area contributed by atoms with Gasteiger partial charge in [-0.15, -0.1) is 0 Å². The van der Waals surface area contributed by atoms with E-state index in [2.05, 4.69) is 6.92 Å². The van der Waals surface area contributed by atoms with Gasteiger partial charge in [0.2, 0.25) is 5.91 Å². The molecule has 1 fully saturated rings. The van der Waals surface area contributed by atoms with Crippen LogP contribution in [0.2, 0.25) is 0 Å². The first-order chi connectivity index (χ1) is 9.60. The Morgan fingerprint density at radius 3 is 2.25 bits per heavy atom. The lowest BCUT2D eigenvalue weighted by molar-refractivity contribution is -0.134. The van der Waals surface area contributed by atoms with E-state index in [1.165, 1.54) is 0 Å². The van der Waals surface area contributed by atoms with Gasteiger partial charge >= 0.3 is 6.09 Å². The van der Waals surface area contributed by atoms with Gasteiger partial charge in [0.15, 0.2) is 0 Å². The fourth-order valence-electron chi connectivity index (χ4n) is 2.17. The van der Waals surface area contributed by atoms with Gasteiger partial charge in [0.1, 0.15) is 0 Å². The average Bonchev–Trinajstić information content (AvgIpc) is 2.47. The highest BCUT2D eigenvalue weighted by molar-refractivity contribution is 5.82. The highest BCUT2D eigenvalue weighted by atomic mass is 16.6. The van der Waals surface area contributed by atoms with Crippen molar-refractivity contribution in [2.24, 2.45) is 5.73 Å². The van der Waals surface area contributed by atoms with Gasteiger partial charge in [0.05, 0.1) is 12.6 Å². The molecule has 0 spiro atoms. The third kappa shape index (κ3) is 5.00. The number of nitrogens with two attached hydrogens (primary N) is 1. The number of unbranched alkanes of at least 4 members (excludes halogenated alkanes) is 1. The number of piperazine rings is 1. The molecule has 0 aromatic heterocycles. The summed E-state index contributed by atoms with van der Waals surface area (Å²) in [6, 6.07) is -0.414. The Bertz CT molecular complexity index is 315. The molecule has 6 heteroatoms. The molecule has 1 aliphatic heterocycles. The van der Waals surface area contributed by atoms with Crippen molar-refractivity contribution in [3.63, 3.8) is 0 Å². The van der Waals surface area contributed by atoms with Gasteiger partial charge in [-0.2, -0.15) is 0 Å². The number of carbonyl (C=O) groups is 2. The normalized spacial score (nSPS) is 16.9. The van der Waals surface area contributed by atoms with E-state index < -0.39 is 6.04 Å². The molecule has 6 nitrogen and oxygen atoms in total. The van der Waals surface area contributed by atoms with Crippen LogP contribution in [0, 0.1) is 0 Å². The van der Waals surface area contributed by atoms with E-state index in [9.17, 15) is 9.59 Å². The largest absolute Gasteiger partial charge is 0.449 e. The standard InChI is InChI=1S/C14H27N3O3/c1-3-5-11-20-14(19)17-9-7-16(8-10-17)13(18)12(15)6-4-2/h12H,3-11,15H2,1-2H3/t12-/m0/s1. The zero-order valence-corrected chi connectivity index (χ0v) is 12.6. The van der Waals surface area contributed by atoms with E-state index >= 15 is 0 Å². The molecule has 20 heavy (non-hydrogen) atoms. The minimum absolute atomic E-state index is 0.00847. The van der Waals surface area contributed by atoms with Gasteiger partial charge in [-0.05, 0) is 12.8 Å². The van der Waals surface area contributed by atoms with Crippen molar-refractivity contribution in [1.82, 2.24) is 9.80 Å². The Balaban J connectivity index is 2.32. The summed E-state index contributed by atoms with van der Waals surface area (Å²) in [4.78, 5) is 27.2. The van der Waals surface area contributed by atoms with E-state index in [4.69, 9.17) is 10.5 Å². The zero-order chi connectivity index (χ0) is 15.0. The van der Waals surface area contributed by atoms with Crippen LogP contribution >= 0.6 is 0 Å². The van der Waals surface area contributed by atoms with Crippen LogP contribution in [0.5, 0.6) is 0 Å². The van der Waals surface area contributed by atoms with Crippen LogP contribution in [0.3, 0.4) is 0 Å². The molecule has 1 atom stereocenters. The first-order valence-corrected chi connectivity index (χ1v) is 7.56. The van der Waals surface area contributed by atoms with Crippen LogP contribution < -0.4 is 5.73 Å². The van der Waals surface area contributed by atoms with Crippen LogP contribution in [-0.4, -0.2) is 60.6 Å². The molecule has 1 heterocycles. The molecular weight excluding hydrogens is 258 g/mol. The van der Waals surface area contributed by atoms with E-state index in [1.807, 2.05) is 6.92 Å². The molecule has 0 radical (unpaired) electrons. The summed E-state index contributed by atoms with van der Waals surface area (Å²) in [6.45, 7) is 6.66. The van der Waals surface area contributed by atoms with Crippen molar-refractivity contribution in [3.8, 4) is 0 Å². The number of hydrogen-bond donors (Lipinski definition) is 1. The minimum Gasteiger partial charge on any atom is -0.449 e. The summed E-state index contributed by atoms with van der Waals surface area (Å²) in [5, 5.41) is 0. The first kappa shape index (κ1) is 16.8. The lowest BCUT2D eigenvalue weighted by Crippen LogP contribution is -2.54. The Kier molecular flexibility index (Phi) is 7.36. The smallest absolute Gasteiger partial charge is 0.409 e. The summed E-state index contributed by atoms with van der Waals surface area (Å²) in [5.41, 5.74) is 5.84. The van der Waals surface area contributed by atoms with E-state index in [0.717, 1.165) is 19.3 Å². The van der Waals surface area contributed by atoms with Crippen LogP contribution in [0.25, 0.3) is 0 Å². The maximum atomic E-state index is 12.0. The molecule has 0 unspecified atom stereocenters. The van der Waals surface area contributed by atoms with Crippen molar-refractivity contribution < 1.29 is 14.3 Å². The van der Waals surface area contributed by atoms with E-state index in [-0.39, 0.29) is 12.0 Å². The first-order valence-electron chi connectivity index (χ1n) is 7.56. The number of rotatable bonds is 6. The molecule has 1 aliphatic rings. The number of ether oxygens (including phenoxy) is 1. The summed E-state index contributed by atoms with van der Waals surface area (Å²) >= 11 is 0. The molecule has 0 aliphatic carbocycles. The van der Waals surface area contributed by atoms with E-state index in [1.54, 1.807) is 9.80 Å². The van der Waals surface area contributed by atoms with Crippen molar-refractivity contribution in [2.75, 3.05) is 32.8 Å². The van der Waals surface area contributed by atoms with Gasteiger partial charge in [-0.25, -0.2) is 4.79 Å². The Labute approximate surface area is 121 Å². The molecule has 0 aromatic rings. The predicted molar refractivity (Wildman–Crippen MR) is 77.3 cm³/mol. The molecule has 2 N–H and O–H groups in total. The third-order valence-corrected chi connectivity index (χ3v) is 3.49. The van der Waals surface area contributed by atoms with Crippen molar-refractivity contribution in [3.05, 3.63) is 0 Å². The maximum absolute atomic E-state index is 12.0. The molecule has 116 valence electrons. The molecule has 1 rings (SSSR count). The Morgan fingerprint density at radius 1 is 1.10 bits per heavy atom. The number of hydrogen-bond acceptors (Lipinski definition) is 4. The molecule has 1 saturated heterocycles. The predicted octanol–water partition coefficient (Wildman–Crippen LogP) is 1.19. The van der Waals surface area contributed by atoms with Crippen LogP contribution in [0.1, 0.15) is 39.5 Å². The average molecular weight is 285 g/mol. The van der Waals surface area contributed by atoms with Crippen LogP contribution in [-0.2, 0) is 9.53 Å². The van der Waals surface area contributed by atoms with Gasteiger partial charge < -0.3 is 20.3 Å². The van der Waals surface area contributed by atoms with Crippen molar-refractivity contribution in [2.45, 2.75) is 45.6 Å². The van der Waals surface area contributed by atoms with E-state index in [0.29, 0.717) is 39.2 Å². The lowest BCUT2D eigenvalue weighted by Gasteiger charge is -2.35. The minimum atomic E-state index is -0.414. The number of nitrogens with zero attached hydrogens (tertiary/aromatic N) is 2. The highest BCUT2D eigenvalue weighted by Gasteiger charge is 2.27. The molecular formula is C14H27N3O3. The third-order valence-electron chi connectivity index (χ3n) is 3.49. The maximum Gasteiger partial charge on any atom is 0.409 e. The van der Waals surface area contributed by atoms with Crippen LogP contribution in [0.15, 0.2) is 0 Å². The molecule has 2 amide bonds. The Hall–Kier alpha value is -1.30. The summed E-state index contributed by atoms with van der Waals surface area (Å²) in [7, 11) is 0. The van der Waals surface area contributed by atoms with Crippen molar-refractivity contribution >= 4 is 12.0 Å². The van der Waals surface area contributed by atoms with Gasteiger partial charge in [-0.1, -0.05) is 26.7 Å². The molecule has 0 aromatic carbocycles. The SMILES string of the molecule is CCCCOC(=O)N1CCN(C(=O)[C@@H](N)CCC)CC1. The lowest BCUT2D eigenvalue weighted by atomic mass is 10.1. The van der Waals surface area contributed by atoms with Gasteiger partial charge in [0.25, 0.3) is 0 Å². The summed E-state index contributed by atoms with van der Waals surface area (Å²) in [5.74, 6) is -0.00847. The molecule has 0 saturated carbocycles. The Morgan fingerprint density at radius 2 is 1.70 bits per heavy atom. The van der Waals surface area contributed by atoms with Crippen LogP contribution in [0.4, 0.5) is 4.79 Å². The number of amides is 2. The zero-order valence-electron chi connectivity index (χ0n) is 12.6. The number of carbonyl (C=O) groups excluding carboxylic acids is 2. The second-order valence-corrected chi connectivity index (χ2v) is 5.18. The monoisotopic (exact) mass is 285 g/mol. The quantitative estimate of drug-likeness (QED) is 0.744. The van der Waals surface area contributed by atoms with Gasteiger partial charge in [-0.3, -0.25) is 4.79 Å².